The van der Waals surface area contributed by atoms with Crippen LogP contribution in [0.3, 0.4) is 0 Å². The van der Waals surface area contributed by atoms with Crippen molar-refractivity contribution < 1.29 is 9.59 Å². The molecule has 1 spiro atoms. The van der Waals surface area contributed by atoms with Crippen molar-refractivity contribution in [1.82, 2.24) is 5.32 Å². The lowest BCUT2D eigenvalue weighted by Crippen LogP contribution is -2.43. The van der Waals surface area contributed by atoms with Crippen LogP contribution in [0.15, 0.2) is 18.2 Å². The molecule has 1 aromatic carbocycles. The van der Waals surface area contributed by atoms with E-state index in [1.54, 1.807) is 6.07 Å². The van der Waals surface area contributed by atoms with Gasteiger partial charge in [0.15, 0.2) is 0 Å². The third-order valence-electron chi connectivity index (χ3n) is 4.74. The second kappa shape index (κ2) is 6.95. The van der Waals surface area contributed by atoms with Crippen LogP contribution in [0.1, 0.15) is 61.0 Å². The zero-order valence-electron chi connectivity index (χ0n) is 13.6. The highest BCUT2D eigenvalue weighted by atomic mass is 16.2. The van der Waals surface area contributed by atoms with Crippen LogP contribution >= 0.6 is 0 Å². The molecule has 1 aromatic rings. The van der Waals surface area contributed by atoms with Gasteiger partial charge in [-0.1, -0.05) is 26.3 Å². The van der Waals surface area contributed by atoms with Crippen LogP contribution in [0.25, 0.3) is 0 Å². The number of fused-ring (bicyclic) bond motifs is 1. The molecule has 0 bridgehead atoms. The molecule has 2 aliphatic rings. The molecule has 0 saturated carbocycles. The van der Waals surface area contributed by atoms with Gasteiger partial charge in [-0.05, 0) is 55.4 Å². The number of nitrogens with one attached hydrogen (secondary N) is 1. The average Bonchev–Trinajstić information content (AvgIpc) is 2.71. The van der Waals surface area contributed by atoms with Crippen LogP contribution in [0.4, 0.5) is 0 Å². The van der Waals surface area contributed by atoms with E-state index in [2.05, 4.69) is 5.32 Å². The second-order valence-electron chi connectivity index (χ2n) is 6.02. The van der Waals surface area contributed by atoms with E-state index in [0.717, 1.165) is 45.1 Å². The number of hydrogen-bond donors (Lipinski definition) is 2. The Morgan fingerprint density at radius 1 is 1.18 bits per heavy atom. The van der Waals surface area contributed by atoms with E-state index in [0.29, 0.717) is 5.56 Å². The molecule has 22 heavy (non-hydrogen) atoms. The van der Waals surface area contributed by atoms with Gasteiger partial charge in [-0.2, -0.15) is 0 Å². The highest BCUT2D eigenvalue weighted by molar-refractivity contribution is 5.93. The lowest BCUT2D eigenvalue weighted by molar-refractivity contribution is -0.131. The molecule has 3 rings (SSSR count). The van der Waals surface area contributed by atoms with E-state index in [-0.39, 0.29) is 17.2 Å². The molecule has 1 atom stereocenters. The number of primary amides is 1. The molecule has 1 unspecified atom stereocenters. The number of nitrogens with two attached hydrogens (primary N) is 1. The molecular formula is C18H26N2O2. The van der Waals surface area contributed by atoms with Gasteiger partial charge < -0.3 is 11.1 Å². The lowest BCUT2D eigenvalue weighted by Gasteiger charge is -2.36. The summed E-state index contributed by atoms with van der Waals surface area (Å²) in [7, 11) is 0. The number of amides is 2. The predicted octanol–water partition coefficient (Wildman–Crippen LogP) is 2.59. The van der Waals surface area contributed by atoms with Crippen LogP contribution in [-0.4, -0.2) is 18.4 Å². The minimum absolute atomic E-state index is 0.208. The number of rotatable bonds is 1. The summed E-state index contributed by atoms with van der Waals surface area (Å²) in [6.45, 7) is 4.80. The first kappa shape index (κ1) is 16.5. The number of carbonyl (C=O) groups is 2. The number of aryl methyl sites for hydroxylation is 1. The largest absolute Gasteiger partial charge is 0.366 e. The summed E-state index contributed by atoms with van der Waals surface area (Å²) in [5, 5.41) is 3.05. The van der Waals surface area contributed by atoms with E-state index in [4.69, 9.17) is 5.73 Å². The molecule has 0 radical (unpaired) electrons. The first-order valence-electron chi connectivity index (χ1n) is 8.31. The maximum atomic E-state index is 12.4. The van der Waals surface area contributed by atoms with Crippen molar-refractivity contribution in [3.63, 3.8) is 0 Å². The Morgan fingerprint density at radius 3 is 2.68 bits per heavy atom. The van der Waals surface area contributed by atoms with Crippen molar-refractivity contribution in [1.29, 1.82) is 0 Å². The van der Waals surface area contributed by atoms with Gasteiger partial charge in [0.05, 0.1) is 5.41 Å². The highest BCUT2D eigenvalue weighted by Crippen LogP contribution is 2.41. The summed E-state index contributed by atoms with van der Waals surface area (Å²) < 4.78 is 0. The van der Waals surface area contributed by atoms with Crippen LogP contribution in [0.5, 0.6) is 0 Å². The van der Waals surface area contributed by atoms with E-state index in [9.17, 15) is 9.59 Å². The third kappa shape index (κ3) is 3.16. The topological polar surface area (TPSA) is 72.2 Å². The van der Waals surface area contributed by atoms with Gasteiger partial charge in [0.25, 0.3) is 0 Å². The summed E-state index contributed by atoms with van der Waals surface area (Å²) in [6.07, 6.45) is 5.65. The molecule has 0 aromatic heterocycles. The van der Waals surface area contributed by atoms with Gasteiger partial charge in [-0.3, -0.25) is 9.59 Å². The van der Waals surface area contributed by atoms with Gasteiger partial charge in [0, 0.05) is 12.1 Å². The normalized spacial score (nSPS) is 23.6. The monoisotopic (exact) mass is 302 g/mol. The Balaban J connectivity index is 0.000000847. The smallest absolute Gasteiger partial charge is 0.248 e. The summed E-state index contributed by atoms with van der Waals surface area (Å²) >= 11 is 0. The Hall–Kier alpha value is -1.84. The minimum Gasteiger partial charge on any atom is -0.366 e. The number of benzene rings is 1. The lowest BCUT2D eigenvalue weighted by atomic mass is 9.68. The maximum Gasteiger partial charge on any atom is 0.248 e. The molecular weight excluding hydrogens is 276 g/mol. The molecule has 1 aliphatic heterocycles. The molecule has 1 heterocycles. The van der Waals surface area contributed by atoms with E-state index in [1.807, 2.05) is 26.0 Å². The van der Waals surface area contributed by atoms with Gasteiger partial charge in [-0.15, -0.1) is 0 Å². The fraction of sp³-hybridized carbons (Fsp3) is 0.556. The van der Waals surface area contributed by atoms with Gasteiger partial charge in [0.2, 0.25) is 11.8 Å². The van der Waals surface area contributed by atoms with Crippen LogP contribution in [0, 0.1) is 5.41 Å². The van der Waals surface area contributed by atoms with Gasteiger partial charge >= 0.3 is 0 Å². The van der Waals surface area contributed by atoms with Crippen molar-refractivity contribution >= 4 is 11.8 Å². The summed E-state index contributed by atoms with van der Waals surface area (Å²) in [5.74, 6) is -0.181. The van der Waals surface area contributed by atoms with Crippen molar-refractivity contribution in [3.05, 3.63) is 34.9 Å². The molecule has 2 amide bonds. The first-order valence-corrected chi connectivity index (χ1v) is 8.31. The van der Waals surface area contributed by atoms with E-state index in [1.165, 1.54) is 11.1 Å². The SMILES string of the molecule is CC.NC(=O)c1ccc2c(c1)CCC1(CCCCNC1=O)C2. The zero-order valence-corrected chi connectivity index (χ0v) is 13.6. The van der Waals surface area contributed by atoms with Gasteiger partial charge in [-0.25, -0.2) is 0 Å². The first-order chi connectivity index (χ1) is 10.6. The fourth-order valence-corrected chi connectivity index (χ4v) is 3.51. The van der Waals surface area contributed by atoms with Crippen LogP contribution in [0.2, 0.25) is 0 Å². The van der Waals surface area contributed by atoms with Crippen molar-refractivity contribution in [2.45, 2.75) is 52.4 Å². The Labute approximate surface area is 132 Å². The average molecular weight is 302 g/mol. The van der Waals surface area contributed by atoms with Crippen molar-refractivity contribution in [2.75, 3.05) is 6.54 Å². The Bertz CT molecular complexity index is 568. The Morgan fingerprint density at radius 2 is 1.95 bits per heavy atom. The maximum absolute atomic E-state index is 12.4. The fourth-order valence-electron chi connectivity index (χ4n) is 3.51. The highest BCUT2D eigenvalue weighted by Gasteiger charge is 2.41. The van der Waals surface area contributed by atoms with Gasteiger partial charge in [0.1, 0.15) is 0 Å². The van der Waals surface area contributed by atoms with Crippen LogP contribution < -0.4 is 11.1 Å². The summed E-state index contributed by atoms with van der Waals surface area (Å²) in [5.41, 5.74) is 8.01. The minimum atomic E-state index is -0.389. The summed E-state index contributed by atoms with van der Waals surface area (Å²) in [6, 6.07) is 5.63. The molecule has 4 heteroatoms. The van der Waals surface area contributed by atoms with E-state index < -0.39 is 0 Å². The number of carbonyl (C=O) groups excluding carboxylic acids is 2. The second-order valence-corrected chi connectivity index (χ2v) is 6.02. The quantitative estimate of drug-likeness (QED) is 0.837. The Kier molecular flexibility index (Phi) is 5.22. The predicted molar refractivity (Wildman–Crippen MR) is 87.6 cm³/mol. The number of hydrogen-bond acceptors (Lipinski definition) is 2. The molecule has 120 valence electrons. The third-order valence-corrected chi connectivity index (χ3v) is 4.74. The van der Waals surface area contributed by atoms with Crippen molar-refractivity contribution in [3.8, 4) is 0 Å². The van der Waals surface area contributed by atoms with Crippen molar-refractivity contribution in [2.24, 2.45) is 11.1 Å². The molecule has 3 N–H and O–H groups in total. The summed E-state index contributed by atoms with van der Waals surface area (Å²) in [4.78, 5) is 23.6. The standard InChI is InChI=1S/C16H20N2O2.C2H6/c17-14(19)12-3-4-13-10-16(7-5-11(13)9-12)6-1-2-8-18-15(16)20;1-2/h3-4,9H,1-2,5-8,10H2,(H2,17,19)(H,18,20);1-2H3. The zero-order chi connectivity index (χ0) is 16.2. The molecule has 1 aliphatic carbocycles. The van der Waals surface area contributed by atoms with E-state index >= 15 is 0 Å². The molecule has 1 fully saturated rings. The molecule has 1 saturated heterocycles. The molecule has 4 nitrogen and oxygen atoms in total. The van der Waals surface area contributed by atoms with Crippen LogP contribution in [-0.2, 0) is 17.6 Å².